The Kier molecular flexibility index (Phi) is 11.8. The fourth-order valence-corrected chi connectivity index (χ4v) is 6.88. The molecule has 0 aliphatic rings. The van der Waals surface area contributed by atoms with E-state index in [1.165, 1.54) is 18.2 Å². The van der Waals surface area contributed by atoms with Crippen LogP contribution in [-0.4, -0.2) is 49.9 Å². The fourth-order valence-electron chi connectivity index (χ4n) is 4.19. The maximum atomic E-state index is 13.7. The van der Waals surface area contributed by atoms with Crippen molar-refractivity contribution in [2.24, 2.45) is 17.1 Å². The second-order valence-corrected chi connectivity index (χ2v) is 16.5. The van der Waals surface area contributed by atoms with Crippen LogP contribution < -0.4 is 21.1 Å². The predicted octanol–water partition coefficient (Wildman–Crippen LogP) is 3.30. The number of ether oxygens (including phenoxy) is 1. The molecule has 0 saturated carbocycles. The summed E-state index contributed by atoms with van der Waals surface area (Å²) in [6, 6.07) is 8.80. The van der Waals surface area contributed by atoms with Crippen molar-refractivity contribution in [1.82, 2.24) is 10.6 Å². The molecule has 1 atom stereocenters. The van der Waals surface area contributed by atoms with Crippen LogP contribution in [0.15, 0.2) is 42.5 Å². The van der Waals surface area contributed by atoms with Gasteiger partial charge in [0, 0.05) is 11.8 Å². The van der Waals surface area contributed by atoms with E-state index >= 15 is 0 Å². The van der Waals surface area contributed by atoms with Crippen LogP contribution in [0.1, 0.15) is 80.9 Å². The summed E-state index contributed by atoms with van der Waals surface area (Å²) >= 11 is 0. The number of carbonyl (C=O) groups excluding carboxylic acids is 3. The summed E-state index contributed by atoms with van der Waals surface area (Å²) in [6.07, 6.45) is -0.0605. The van der Waals surface area contributed by atoms with E-state index in [4.69, 9.17) is 10.5 Å². The topological polar surface area (TPSA) is 226 Å². The van der Waals surface area contributed by atoms with E-state index in [2.05, 4.69) is 10.6 Å². The molecule has 2 aromatic carbocycles. The Morgan fingerprint density at radius 1 is 0.909 bits per heavy atom. The second kappa shape index (κ2) is 13.9. The molecule has 1 unspecified atom stereocenters. The van der Waals surface area contributed by atoms with Gasteiger partial charge in [0.05, 0.1) is 17.7 Å². The van der Waals surface area contributed by atoms with E-state index in [0.29, 0.717) is 23.5 Å². The van der Waals surface area contributed by atoms with Gasteiger partial charge in [0.15, 0.2) is 5.40 Å². The summed E-state index contributed by atoms with van der Waals surface area (Å²) in [5.74, 6) is -1.17. The second-order valence-electron chi connectivity index (χ2n) is 12.7. The third-order valence-electron chi connectivity index (χ3n) is 6.63. The van der Waals surface area contributed by atoms with Crippen molar-refractivity contribution in [2.75, 3.05) is 6.61 Å². The Hall–Kier alpha value is -3.05. The molecule has 15 heteroatoms. The highest BCUT2D eigenvalue weighted by Crippen LogP contribution is 2.69. The van der Waals surface area contributed by atoms with Gasteiger partial charge in [-0.05, 0) is 48.6 Å². The van der Waals surface area contributed by atoms with E-state index in [-0.39, 0.29) is 23.5 Å². The Labute approximate surface area is 257 Å². The quantitative estimate of drug-likeness (QED) is 0.156. The van der Waals surface area contributed by atoms with Gasteiger partial charge in [-0.1, -0.05) is 65.0 Å². The molecular formula is C29H43N3O10P2. The fraction of sp³-hybridized carbons (Fsp3) is 0.483. The lowest BCUT2D eigenvalue weighted by Gasteiger charge is -2.31. The lowest BCUT2D eigenvalue weighted by atomic mass is 9.91. The van der Waals surface area contributed by atoms with Gasteiger partial charge >= 0.3 is 15.2 Å². The van der Waals surface area contributed by atoms with Gasteiger partial charge in [0.25, 0.3) is 5.91 Å². The largest absolute Gasteiger partial charge is 0.492 e. The monoisotopic (exact) mass is 655 g/mol. The first-order valence-electron chi connectivity index (χ1n) is 13.8. The molecule has 0 bridgehead atoms. The van der Waals surface area contributed by atoms with Crippen molar-refractivity contribution in [2.45, 2.75) is 71.9 Å². The number of hydrogen-bond donors (Lipinski definition) is 7. The van der Waals surface area contributed by atoms with Gasteiger partial charge in [-0.3, -0.25) is 23.5 Å². The molecule has 3 amide bonds. The minimum atomic E-state index is -5.21. The van der Waals surface area contributed by atoms with Crippen molar-refractivity contribution in [1.29, 1.82) is 0 Å². The zero-order valence-electron chi connectivity index (χ0n) is 25.9. The smallest absolute Gasteiger partial charge is 0.345 e. The number of amides is 3. The van der Waals surface area contributed by atoms with E-state index < -0.39 is 55.3 Å². The summed E-state index contributed by atoms with van der Waals surface area (Å²) in [5, 5.41) is 3.30. The number of hydrogen-bond acceptors (Lipinski definition) is 6. The summed E-state index contributed by atoms with van der Waals surface area (Å²) in [6.45, 7) is 12.7. The Morgan fingerprint density at radius 2 is 1.45 bits per heavy atom. The van der Waals surface area contributed by atoms with Crippen LogP contribution in [-0.2, 0) is 30.7 Å². The van der Waals surface area contributed by atoms with E-state index in [1.54, 1.807) is 46.8 Å². The lowest BCUT2D eigenvalue weighted by molar-refractivity contribution is -0.134. The average Bonchev–Trinajstić information content (AvgIpc) is 2.85. The molecule has 44 heavy (non-hydrogen) atoms. The average molecular weight is 656 g/mol. The lowest BCUT2D eigenvalue weighted by Crippen LogP contribution is -2.54. The van der Waals surface area contributed by atoms with Crippen molar-refractivity contribution in [3.63, 3.8) is 0 Å². The molecule has 0 aromatic heterocycles. The number of nitrogens with two attached hydrogens (primary N) is 1. The van der Waals surface area contributed by atoms with Gasteiger partial charge in [0.2, 0.25) is 11.8 Å². The first-order valence-corrected chi connectivity index (χ1v) is 17.2. The highest BCUT2D eigenvalue weighted by Gasteiger charge is 2.44. The molecule has 0 spiro atoms. The van der Waals surface area contributed by atoms with Gasteiger partial charge in [-0.2, -0.15) is 0 Å². The number of nitrogens with one attached hydrogen (secondary N) is 2. The van der Waals surface area contributed by atoms with Crippen LogP contribution in [0, 0.1) is 11.3 Å². The Bertz CT molecular complexity index is 1430. The summed E-state index contributed by atoms with van der Waals surface area (Å²) in [7, 11) is -10.4. The first-order chi connectivity index (χ1) is 19.9. The molecule has 0 fully saturated rings. The molecule has 0 aliphatic carbocycles. The van der Waals surface area contributed by atoms with E-state index in [0.717, 1.165) is 12.1 Å². The SMILES string of the molecule is CC(C)COc1ccc(C(C)(C)NC(=O)C(Cc2ccc(C(P(=O)(O)O)P(=O)(O)O)cc2)NC(=O)C(C)(C)C)cc1C(N)=O. The molecule has 2 aromatic rings. The van der Waals surface area contributed by atoms with Crippen LogP contribution >= 0.6 is 15.2 Å². The van der Waals surface area contributed by atoms with Crippen molar-refractivity contribution >= 4 is 32.9 Å². The van der Waals surface area contributed by atoms with Gasteiger partial charge < -0.3 is 40.7 Å². The first kappa shape index (κ1) is 37.1. The molecule has 244 valence electrons. The summed E-state index contributed by atoms with van der Waals surface area (Å²) < 4.78 is 29.3. The zero-order valence-corrected chi connectivity index (χ0v) is 27.7. The number of rotatable bonds is 13. The van der Waals surface area contributed by atoms with Crippen molar-refractivity contribution in [3.05, 3.63) is 64.7 Å². The van der Waals surface area contributed by atoms with Gasteiger partial charge in [-0.15, -0.1) is 0 Å². The normalized spacial score (nSPS) is 13.5. The third-order valence-corrected chi connectivity index (χ3v) is 10.3. The van der Waals surface area contributed by atoms with Crippen LogP contribution in [0.25, 0.3) is 0 Å². The Balaban J connectivity index is 2.40. The predicted molar refractivity (Wildman–Crippen MR) is 165 cm³/mol. The molecule has 0 radical (unpaired) electrons. The highest BCUT2D eigenvalue weighted by atomic mass is 31.2. The van der Waals surface area contributed by atoms with Crippen LogP contribution in [0.2, 0.25) is 0 Å². The highest BCUT2D eigenvalue weighted by molar-refractivity contribution is 7.70. The Morgan fingerprint density at radius 3 is 1.91 bits per heavy atom. The third kappa shape index (κ3) is 10.3. The number of carbonyl (C=O) groups is 3. The minimum absolute atomic E-state index is 0.0605. The maximum Gasteiger partial charge on any atom is 0.345 e. The van der Waals surface area contributed by atoms with Crippen LogP contribution in [0.3, 0.4) is 0 Å². The van der Waals surface area contributed by atoms with E-state index in [1.807, 2.05) is 13.8 Å². The standard InChI is InChI=1S/C29H43N3O10P2/c1-17(2)16-42-23-13-12-20(15-21(23)24(30)33)29(6,7)32-25(34)22(31-27(35)28(3,4)5)14-18-8-10-19(11-9-18)26(43(36,37)38)44(39,40)41/h8-13,15,17,22,26H,14,16H2,1-7H3,(H2,30,33)(H,31,35)(H,32,34)(H2,36,37,38)(H2,39,40,41). The zero-order chi connectivity index (χ0) is 33.8. The molecule has 0 aliphatic heterocycles. The number of primary amides is 1. The van der Waals surface area contributed by atoms with Crippen LogP contribution in [0.4, 0.5) is 0 Å². The minimum Gasteiger partial charge on any atom is -0.492 e. The van der Waals surface area contributed by atoms with Crippen LogP contribution in [0.5, 0.6) is 5.75 Å². The summed E-state index contributed by atoms with van der Waals surface area (Å²) in [4.78, 5) is 76.9. The van der Waals surface area contributed by atoms with E-state index in [9.17, 15) is 43.1 Å². The molecule has 2 rings (SSSR count). The molecule has 0 heterocycles. The molecular weight excluding hydrogens is 612 g/mol. The molecule has 13 nitrogen and oxygen atoms in total. The van der Waals surface area contributed by atoms with Crippen molar-refractivity contribution < 1.29 is 47.8 Å². The van der Waals surface area contributed by atoms with Crippen molar-refractivity contribution in [3.8, 4) is 5.75 Å². The molecule has 0 saturated heterocycles. The van der Waals surface area contributed by atoms with Gasteiger partial charge in [-0.25, -0.2) is 0 Å². The maximum absolute atomic E-state index is 13.7. The molecule has 8 N–H and O–H groups in total. The summed E-state index contributed by atoms with van der Waals surface area (Å²) in [5.41, 5.74) is 4.56. The number of benzene rings is 2. The van der Waals surface area contributed by atoms with Gasteiger partial charge in [0.1, 0.15) is 11.8 Å².